The second-order valence-corrected chi connectivity index (χ2v) is 9.99. The van der Waals surface area contributed by atoms with Gasteiger partial charge in [0, 0.05) is 16.6 Å². The van der Waals surface area contributed by atoms with Crippen LogP contribution >= 0.6 is 11.3 Å². The number of nitrogens with one attached hydrogen (secondary N) is 1. The smallest absolute Gasteiger partial charge is 0.248 e. The van der Waals surface area contributed by atoms with Crippen molar-refractivity contribution in [1.82, 2.24) is 5.32 Å². The van der Waals surface area contributed by atoms with E-state index in [9.17, 15) is 9.59 Å². The van der Waals surface area contributed by atoms with Crippen molar-refractivity contribution in [3.05, 3.63) is 87.6 Å². The quantitative estimate of drug-likeness (QED) is 0.461. The summed E-state index contributed by atoms with van der Waals surface area (Å²) in [6.07, 6.45) is 5.77. The summed E-state index contributed by atoms with van der Waals surface area (Å²) in [6, 6.07) is 19.2. The summed E-state index contributed by atoms with van der Waals surface area (Å²) >= 11 is 1.57. The summed E-state index contributed by atoms with van der Waals surface area (Å²) in [5.74, 6) is -0.176. The van der Waals surface area contributed by atoms with Gasteiger partial charge in [0.1, 0.15) is 6.04 Å². The Kier molecular flexibility index (Phi) is 7.61. The molecule has 2 aromatic carbocycles. The molecule has 3 aromatic rings. The van der Waals surface area contributed by atoms with Gasteiger partial charge in [0.25, 0.3) is 0 Å². The van der Waals surface area contributed by atoms with Gasteiger partial charge in [0.15, 0.2) is 0 Å². The number of carbonyl (C=O) groups excluding carboxylic acids is 2. The van der Waals surface area contributed by atoms with E-state index in [-0.39, 0.29) is 24.3 Å². The van der Waals surface area contributed by atoms with Crippen LogP contribution in [0.5, 0.6) is 0 Å². The monoisotopic (exact) mass is 460 g/mol. The molecule has 0 aliphatic heterocycles. The molecule has 1 aliphatic rings. The fraction of sp³-hybridized carbons (Fsp3) is 0.357. The van der Waals surface area contributed by atoms with Gasteiger partial charge in [-0.05, 0) is 61.4 Å². The summed E-state index contributed by atoms with van der Waals surface area (Å²) in [5, 5.41) is 5.27. The van der Waals surface area contributed by atoms with Crippen molar-refractivity contribution in [2.45, 2.75) is 64.5 Å². The van der Waals surface area contributed by atoms with E-state index in [4.69, 9.17) is 0 Å². The average Bonchev–Trinajstić information content (AvgIpc) is 3.32. The summed E-state index contributed by atoms with van der Waals surface area (Å²) in [7, 11) is 0. The van der Waals surface area contributed by atoms with E-state index in [1.807, 2.05) is 79.9 Å². The minimum absolute atomic E-state index is 0.0756. The first kappa shape index (κ1) is 23.2. The van der Waals surface area contributed by atoms with Gasteiger partial charge in [0.2, 0.25) is 11.8 Å². The average molecular weight is 461 g/mol. The van der Waals surface area contributed by atoms with Crippen molar-refractivity contribution in [1.29, 1.82) is 0 Å². The normalized spacial score (nSPS) is 15.1. The van der Waals surface area contributed by atoms with E-state index in [1.54, 1.807) is 16.2 Å². The van der Waals surface area contributed by atoms with Crippen molar-refractivity contribution in [2.24, 2.45) is 0 Å². The van der Waals surface area contributed by atoms with Gasteiger partial charge >= 0.3 is 0 Å². The molecular weight excluding hydrogens is 428 g/mol. The van der Waals surface area contributed by atoms with Gasteiger partial charge in [-0.3, -0.25) is 14.5 Å². The first-order chi connectivity index (χ1) is 16.0. The number of hydrogen-bond donors (Lipinski definition) is 1. The summed E-state index contributed by atoms with van der Waals surface area (Å²) < 4.78 is 0. The van der Waals surface area contributed by atoms with Crippen LogP contribution in [-0.4, -0.2) is 17.9 Å². The summed E-state index contributed by atoms with van der Waals surface area (Å²) in [6.45, 7) is 4.03. The Hall–Kier alpha value is -2.92. The number of carbonyl (C=O) groups is 2. The van der Waals surface area contributed by atoms with Gasteiger partial charge in [-0.25, -0.2) is 0 Å². The van der Waals surface area contributed by atoms with Crippen LogP contribution in [0.3, 0.4) is 0 Å². The molecular formula is C28H32N2O2S. The van der Waals surface area contributed by atoms with Crippen LogP contribution in [0.1, 0.15) is 59.7 Å². The summed E-state index contributed by atoms with van der Waals surface area (Å²) in [4.78, 5) is 30.3. The van der Waals surface area contributed by atoms with E-state index in [1.165, 1.54) is 6.42 Å². The molecule has 1 aliphatic carbocycles. The van der Waals surface area contributed by atoms with Crippen molar-refractivity contribution in [2.75, 3.05) is 4.90 Å². The molecule has 1 unspecified atom stereocenters. The minimum atomic E-state index is -0.719. The lowest BCUT2D eigenvalue weighted by Gasteiger charge is -2.34. The third-order valence-electron chi connectivity index (χ3n) is 6.43. The highest BCUT2D eigenvalue weighted by Crippen LogP contribution is 2.32. The van der Waals surface area contributed by atoms with E-state index in [0.29, 0.717) is 0 Å². The minimum Gasteiger partial charge on any atom is -0.351 e. The highest BCUT2D eigenvalue weighted by Gasteiger charge is 2.34. The molecule has 172 valence electrons. The molecule has 4 rings (SSSR count). The van der Waals surface area contributed by atoms with E-state index in [0.717, 1.165) is 52.9 Å². The zero-order valence-corrected chi connectivity index (χ0v) is 20.2. The molecule has 2 amide bonds. The van der Waals surface area contributed by atoms with Gasteiger partial charge in [0.05, 0.1) is 6.42 Å². The maximum absolute atomic E-state index is 13.9. The standard InChI is InChI=1S/C28H32N2O2S/c1-20-14-16-23(17-15-20)30(26(31)19-24-12-8-18-33-24)27(25-13-7-6-9-21(25)2)28(32)29-22-10-4-3-5-11-22/h6-9,12-18,22,27H,3-5,10-11,19H2,1-2H3,(H,29,32). The molecule has 0 saturated heterocycles. The molecule has 0 bridgehead atoms. The predicted octanol–water partition coefficient (Wildman–Crippen LogP) is 6.13. The third-order valence-corrected chi connectivity index (χ3v) is 7.30. The Morgan fingerprint density at radius 2 is 1.70 bits per heavy atom. The Balaban J connectivity index is 1.75. The zero-order chi connectivity index (χ0) is 23.2. The predicted molar refractivity (Wildman–Crippen MR) is 136 cm³/mol. The molecule has 1 fully saturated rings. The van der Waals surface area contributed by atoms with E-state index >= 15 is 0 Å². The Bertz CT molecular complexity index is 1070. The van der Waals surface area contributed by atoms with Crippen molar-refractivity contribution >= 4 is 28.8 Å². The number of rotatable bonds is 7. The first-order valence-corrected chi connectivity index (χ1v) is 12.7. The van der Waals surface area contributed by atoms with Crippen LogP contribution in [0.2, 0.25) is 0 Å². The molecule has 33 heavy (non-hydrogen) atoms. The fourth-order valence-corrected chi connectivity index (χ4v) is 5.30. The fourth-order valence-electron chi connectivity index (χ4n) is 4.61. The first-order valence-electron chi connectivity index (χ1n) is 11.8. The number of nitrogens with zero attached hydrogens (tertiary/aromatic N) is 1. The number of hydrogen-bond acceptors (Lipinski definition) is 3. The van der Waals surface area contributed by atoms with Crippen LogP contribution in [0.4, 0.5) is 5.69 Å². The van der Waals surface area contributed by atoms with Crippen molar-refractivity contribution in [3.8, 4) is 0 Å². The molecule has 1 atom stereocenters. The van der Waals surface area contributed by atoms with Crippen molar-refractivity contribution in [3.63, 3.8) is 0 Å². The Labute approximate surface area is 200 Å². The molecule has 1 saturated carbocycles. The number of amides is 2. The molecule has 1 N–H and O–H groups in total. The third kappa shape index (κ3) is 5.72. The lowest BCUT2D eigenvalue weighted by molar-refractivity contribution is -0.127. The second-order valence-electron chi connectivity index (χ2n) is 8.96. The molecule has 0 radical (unpaired) electrons. The number of thiophene rings is 1. The lowest BCUT2D eigenvalue weighted by Crippen LogP contribution is -2.48. The summed E-state index contributed by atoms with van der Waals surface area (Å²) in [5.41, 5.74) is 3.73. The van der Waals surface area contributed by atoms with Crippen molar-refractivity contribution < 1.29 is 9.59 Å². The lowest BCUT2D eigenvalue weighted by atomic mass is 9.93. The molecule has 1 aromatic heterocycles. The van der Waals surface area contributed by atoms with Gasteiger partial charge in [-0.1, -0.05) is 67.3 Å². The van der Waals surface area contributed by atoms with Crippen LogP contribution in [0, 0.1) is 13.8 Å². The van der Waals surface area contributed by atoms with Gasteiger partial charge < -0.3 is 5.32 Å². The molecule has 4 nitrogen and oxygen atoms in total. The van der Waals surface area contributed by atoms with Crippen LogP contribution in [0.15, 0.2) is 66.0 Å². The maximum atomic E-state index is 13.9. The topological polar surface area (TPSA) is 49.4 Å². The highest BCUT2D eigenvalue weighted by molar-refractivity contribution is 7.10. The maximum Gasteiger partial charge on any atom is 0.248 e. The molecule has 5 heteroatoms. The number of benzene rings is 2. The molecule has 0 spiro atoms. The second kappa shape index (κ2) is 10.8. The SMILES string of the molecule is Cc1ccc(N(C(=O)Cc2cccs2)C(C(=O)NC2CCCCC2)c2ccccc2C)cc1. The van der Waals surface area contributed by atoms with Crippen LogP contribution in [0.25, 0.3) is 0 Å². The van der Waals surface area contributed by atoms with Gasteiger partial charge in [-0.15, -0.1) is 11.3 Å². The Morgan fingerprint density at radius 1 is 0.970 bits per heavy atom. The van der Waals surface area contributed by atoms with E-state index in [2.05, 4.69) is 5.32 Å². The van der Waals surface area contributed by atoms with Gasteiger partial charge in [-0.2, -0.15) is 0 Å². The largest absolute Gasteiger partial charge is 0.351 e. The van der Waals surface area contributed by atoms with E-state index < -0.39 is 6.04 Å². The number of aryl methyl sites for hydroxylation is 2. The highest BCUT2D eigenvalue weighted by atomic mass is 32.1. The Morgan fingerprint density at radius 3 is 2.36 bits per heavy atom. The number of anilines is 1. The molecule has 1 heterocycles. The zero-order valence-electron chi connectivity index (χ0n) is 19.4. The van der Waals surface area contributed by atoms with Crippen LogP contribution < -0.4 is 10.2 Å². The van der Waals surface area contributed by atoms with Crippen LogP contribution in [-0.2, 0) is 16.0 Å².